The van der Waals surface area contributed by atoms with Crippen LogP contribution in [0.2, 0.25) is 0 Å². The molecule has 0 aromatic heterocycles. The summed E-state index contributed by atoms with van der Waals surface area (Å²) in [6, 6.07) is 0. The highest BCUT2D eigenvalue weighted by Gasteiger charge is 2.21. The average Bonchev–Trinajstić information content (AvgIpc) is 2.04. The van der Waals surface area contributed by atoms with E-state index < -0.39 is 16.4 Å². The van der Waals surface area contributed by atoms with Crippen molar-refractivity contribution in [1.29, 1.82) is 0 Å². The van der Waals surface area contributed by atoms with Gasteiger partial charge in [0.25, 0.3) is 10.1 Å². The molecule has 1 fully saturated rings. The van der Waals surface area contributed by atoms with Crippen molar-refractivity contribution >= 4 is 10.1 Å². The van der Waals surface area contributed by atoms with Crippen LogP contribution in [-0.4, -0.2) is 40.2 Å². The lowest BCUT2D eigenvalue weighted by atomic mass is 10.5. The van der Waals surface area contributed by atoms with Crippen LogP contribution in [0.4, 0.5) is 0 Å². The second kappa shape index (κ2) is 4.90. The van der Waals surface area contributed by atoms with E-state index in [4.69, 9.17) is 8.92 Å². The summed E-state index contributed by atoms with van der Waals surface area (Å²) in [6.45, 7) is 3.46. The van der Waals surface area contributed by atoms with Gasteiger partial charge in [-0.15, -0.1) is 0 Å². The fourth-order valence-electron chi connectivity index (χ4n) is 1.06. The van der Waals surface area contributed by atoms with E-state index in [1.165, 1.54) is 0 Å². The molecule has 6 heteroatoms. The van der Waals surface area contributed by atoms with Crippen molar-refractivity contribution < 1.29 is 17.3 Å². The Morgan fingerprint density at radius 3 is 2.92 bits per heavy atom. The maximum absolute atomic E-state index is 11.2. The van der Waals surface area contributed by atoms with Gasteiger partial charge < -0.3 is 10.1 Å². The van der Waals surface area contributed by atoms with Gasteiger partial charge in [-0.25, -0.2) is 4.18 Å². The molecule has 1 unspecified atom stereocenters. The van der Waals surface area contributed by atoms with Crippen LogP contribution in [0.15, 0.2) is 0 Å². The molecule has 0 radical (unpaired) electrons. The van der Waals surface area contributed by atoms with Gasteiger partial charge in [-0.1, -0.05) is 6.92 Å². The van der Waals surface area contributed by atoms with E-state index in [2.05, 4.69) is 5.32 Å². The Bertz CT molecular complexity index is 233. The Morgan fingerprint density at radius 2 is 2.38 bits per heavy atom. The highest BCUT2D eigenvalue weighted by Crippen LogP contribution is 2.05. The number of ether oxygens (including phenoxy) is 1. The van der Waals surface area contributed by atoms with Gasteiger partial charge in [0, 0.05) is 13.1 Å². The van der Waals surface area contributed by atoms with Gasteiger partial charge in [0.05, 0.1) is 12.4 Å². The van der Waals surface area contributed by atoms with Crippen LogP contribution in [0.5, 0.6) is 0 Å². The second-order valence-corrected chi connectivity index (χ2v) is 4.58. The van der Waals surface area contributed by atoms with E-state index in [1.54, 1.807) is 6.92 Å². The Kier molecular flexibility index (Phi) is 4.11. The molecular weight excluding hydrogens is 194 g/mol. The Morgan fingerprint density at radius 1 is 1.62 bits per heavy atom. The molecule has 78 valence electrons. The highest BCUT2D eigenvalue weighted by molar-refractivity contribution is 7.86. The molecule has 1 atom stereocenters. The lowest BCUT2D eigenvalue weighted by Crippen LogP contribution is -2.41. The third-order valence-electron chi connectivity index (χ3n) is 1.60. The van der Waals surface area contributed by atoms with Crippen LogP contribution >= 0.6 is 0 Å². The quantitative estimate of drug-likeness (QED) is 0.643. The summed E-state index contributed by atoms with van der Waals surface area (Å²) in [6.07, 6.45) is -0.0899. The van der Waals surface area contributed by atoms with Crippen molar-refractivity contribution in [3.05, 3.63) is 0 Å². The molecule has 1 rings (SSSR count). The van der Waals surface area contributed by atoms with E-state index in [1.807, 2.05) is 0 Å². The largest absolute Gasteiger partial charge is 0.349 e. The van der Waals surface area contributed by atoms with E-state index >= 15 is 0 Å². The first-order valence-corrected chi connectivity index (χ1v) is 5.95. The molecule has 1 saturated heterocycles. The molecule has 0 aromatic rings. The van der Waals surface area contributed by atoms with Crippen molar-refractivity contribution in [2.45, 2.75) is 19.6 Å². The summed E-state index contributed by atoms with van der Waals surface area (Å²) >= 11 is 0. The SMILES string of the molecule is CCCS(=O)(=O)OC1CNCCO1. The van der Waals surface area contributed by atoms with Crippen LogP contribution in [0.25, 0.3) is 0 Å². The second-order valence-electron chi connectivity index (χ2n) is 2.86. The summed E-state index contributed by atoms with van der Waals surface area (Å²) in [5.41, 5.74) is 0. The zero-order chi connectivity index (χ0) is 9.73. The Balaban J connectivity index is 2.37. The van der Waals surface area contributed by atoms with Gasteiger partial charge in [-0.2, -0.15) is 8.42 Å². The van der Waals surface area contributed by atoms with Crippen LogP contribution in [-0.2, 0) is 19.0 Å². The van der Waals surface area contributed by atoms with Gasteiger partial charge in [0.1, 0.15) is 0 Å². The van der Waals surface area contributed by atoms with Gasteiger partial charge in [0.2, 0.25) is 0 Å². The first kappa shape index (κ1) is 10.9. The molecule has 0 amide bonds. The first-order valence-electron chi connectivity index (χ1n) is 4.37. The molecule has 13 heavy (non-hydrogen) atoms. The summed E-state index contributed by atoms with van der Waals surface area (Å²) in [4.78, 5) is 0. The first-order chi connectivity index (χ1) is 6.14. The average molecular weight is 209 g/mol. The molecule has 0 spiro atoms. The van der Waals surface area contributed by atoms with Gasteiger partial charge in [0.15, 0.2) is 6.29 Å². The van der Waals surface area contributed by atoms with Crippen LogP contribution in [0.1, 0.15) is 13.3 Å². The summed E-state index contributed by atoms with van der Waals surface area (Å²) in [7, 11) is -3.40. The third-order valence-corrected chi connectivity index (χ3v) is 3.02. The summed E-state index contributed by atoms with van der Waals surface area (Å²) in [5, 5.41) is 2.99. The maximum atomic E-state index is 11.2. The minimum atomic E-state index is -3.40. The van der Waals surface area contributed by atoms with Crippen LogP contribution < -0.4 is 5.32 Å². The minimum absolute atomic E-state index is 0.0485. The Labute approximate surface area is 78.5 Å². The molecule has 1 N–H and O–H groups in total. The van der Waals surface area contributed by atoms with E-state index in [0.717, 1.165) is 6.54 Å². The van der Waals surface area contributed by atoms with E-state index in [-0.39, 0.29) is 5.75 Å². The summed E-state index contributed by atoms with van der Waals surface area (Å²) in [5.74, 6) is 0.0485. The monoisotopic (exact) mass is 209 g/mol. The van der Waals surface area contributed by atoms with Crippen molar-refractivity contribution in [3.8, 4) is 0 Å². The van der Waals surface area contributed by atoms with Crippen LogP contribution in [0.3, 0.4) is 0 Å². The number of rotatable bonds is 4. The number of hydrogen-bond acceptors (Lipinski definition) is 5. The normalized spacial score (nSPS) is 24.5. The minimum Gasteiger partial charge on any atom is -0.349 e. The molecule has 0 saturated carbocycles. The van der Waals surface area contributed by atoms with E-state index in [9.17, 15) is 8.42 Å². The van der Waals surface area contributed by atoms with Gasteiger partial charge >= 0.3 is 0 Å². The molecular formula is C7H15NO4S. The maximum Gasteiger partial charge on any atom is 0.269 e. The predicted octanol–water partition coefficient (Wildman–Crippen LogP) is -0.311. The zero-order valence-electron chi connectivity index (χ0n) is 7.65. The zero-order valence-corrected chi connectivity index (χ0v) is 8.47. The predicted molar refractivity (Wildman–Crippen MR) is 47.8 cm³/mol. The fourth-order valence-corrected chi connectivity index (χ4v) is 2.11. The van der Waals surface area contributed by atoms with Gasteiger partial charge in [-0.05, 0) is 6.42 Å². The van der Waals surface area contributed by atoms with Crippen molar-refractivity contribution in [2.24, 2.45) is 0 Å². The Hall–Kier alpha value is -0.170. The molecule has 0 bridgehead atoms. The standard InChI is InChI=1S/C7H15NO4S/c1-2-5-13(9,10)12-7-6-8-3-4-11-7/h7-8H,2-6H2,1H3. The third kappa shape index (κ3) is 4.04. The highest BCUT2D eigenvalue weighted by atomic mass is 32.2. The fraction of sp³-hybridized carbons (Fsp3) is 1.00. The van der Waals surface area contributed by atoms with Crippen LogP contribution in [0, 0.1) is 0 Å². The van der Waals surface area contributed by atoms with E-state index in [0.29, 0.717) is 19.6 Å². The molecule has 5 nitrogen and oxygen atoms in total. The van der Waals surface area contributed by atoms with Gasteiger partial charge in [-0.3, -0.25) is 0 Å². The lowest BCUT2D eigenvalue weighted by Gasteiger charge is -2.22. The number of hydrogen-bond donors (Lipinski definition) is 1. The smallest absolute Gasteiger partial charge is 0.269 e. The number of nitrogens with one attached hydrogen (secondary N) is 1. The van der Waals surface area contributed by atoms with Crippen molar-refractivity contribution in [3.63, 3.8) is 0 Å². The lowest BCUT2D eigenvalue weighted by molar-refractivity contribution is -0.0910. The van der Waals surface area contributed by atoms with Crippen molar-refractivity contribution in [1.82, 2.24) is 5.32 Å². The molecule has 0 aliphatic carbocycles. The molecule has 1 aliphatic heterocycles. The molecule has 1 aliphatic rings. The number of morpholine rings is 1. The molecule has 0 aromatic carbocycles. The summed E-state index contributed by atoms with van der Waals surface area (Å²) < 4.78 is 32.2. The van der Waals surface area contributed by atoms with Crippen molar-refractivity contribution in [2.75, 3.05) is 25.4 Å². The topological polar surface area (TPSA) is 64.6 Å². The molecule has 1 heterocycles.